The van der Waals surface area contributed by atoms with E-state index in [0.29, 0.717) is 5.75 Å². The van der Waals surface area contributed by atoms with Crippen LogP contribution in [-0.4, -0.2) is 76.2 Å². The van der Waals surface area contributed by atoms with Crippen molar-refractivity contribution in [3.8, 4) is 0 Å². The lowest BCUT2D eigenvalue weighted by Crippen LogP contribution is -2.60. The largest absolute Gasteiger partial charge is 0.480 e. The molecule has 3 amide bonds. The van der Waals surface area contributed by atoms with Gasteiger partial charge in [-0.15, -0.1) is 0 Å². The Bertz CT molecular complexity index is 614. The predicted octanol–water partition coefficient (Wildman–Crippen LogP) is -0.311. The van der Waals surface area contributed by atoms with Gasteiger partial charge in [0, 0.05) is 0 Å². The SMILES string of the molecule is CSCCC(NC(=O)C(CC(C)C)NC(=O)C(NC(=O)C(N)C(C)C)C(C)O)C(=O)O. The molecule has 11 heteroatoms. The lowest BCUT2D eigenvalue weighted by Gasteiger charge is -2.27. The van der Waals surface area contributed by atoms with Gasteiger partial charge in [-0.25, -0.2) is 4.79 Å². The summed E-state index contributed by atoms with van der Waals surface area (Å²) in [5.41, 5.74) is 5.80. The van der Waals surface area contributed by atoms with E-state index in [2.05, 4.69) is 16.0 Å². The molecule has 0 aromatic heterocycles. The minimum absolute atomic E-state index is 0.0134. The molecule has 0 aromatic rings. The molecule has 0 heterocycles. The zero-order chi connectivity index (χ0) is 24.3. The van der Waals surface area contributed by atoms with Crippen molar-refractivity contribution in [2.45, 2.75) is 77.7 Å². The van der Waals surface area contributed by atoms with Gasteiger partial charge in [-0.2, -0.15) is 11.8 Å². The molecule has 0 aliphatic carbocycles. The van der Waals surface area contributed by atoms with Crippen LogP contribution >= 0.6 is 11.8 Å². The van der Waals surface area contributed by atoms with Gasteiger partial charge in [-0.05, 0) is 43.6 Å². The maximum Gasteiger partial charge on any atom is 0.326 e. The number of carboxylic acid groups (broad SMARTS) is 1. The van der Waals surface area contributed by atoms with E-state index in [0.717, 1.165) is 0 Å². The molecule has 0 aliphatic rings. The van der Waals surface area contributed by atoms with Gasteiger partial charge in [0.05, 0.1) is 12.1 Å². The van der Waals surface area contributed by atoms with Crippen molar-refractivity contribution >= 4 is 35.5 Å². The van der Waals surface area contributed by atoms with Crippen LogP contribution in [-0.2, 0) is 19.2 Å². The fourth-order valence-corrected chi connectivity index (χ4v) is 3.16. The number of thioether (sulfide) groups is 1. The third-order valence-corrected chi connectivity index (χ3v) is 5.29. The summed E-state index contributed by atoms with van der Waals surface area (Å²) in [5.74, 6) is -2.75. The average molecular weight is 463 g/mol. The Hall–Kier alpha value is -1.85. The Morgan fingerprint density at radius 1 is 0.903 bits per heavy atom. The van der Waals surface area contributed by atoms with Crippen LogP contribution in [0.25, 0.3) is 0 Å². The van der Waals surface area contributed by atoms with Crippen LogP contribution < -0.4 is 21.7 Å². The highest BCUT2D eigenvalue weighted by molar-refractivity contribution is 7.98. The Balaban J connectivity index is 5.40. The number of hydrogen-bond donors (Lipinski definition) is 6. The van der Waals surface area contributed by atoms with E-state index >= 15 is 0 Å². The van der Waals surface area contributed by atoms with Crippen molar-refractivity contribution in [2.75, 3.05) is 12.0 Å². The standard InChI is InChI=1S/C20H38N4O6S/c1-10(2)9-14(17(26)22-13(20(29)30)7-8-31-6)23-19(28)16(12(5)25)24-18(27)15(21)11(3)4/h10-16,25H,7-9,21H2,1-6H3,(H,22,26)(H,23,28)(H,24,27)(H,29,30). The van der Waals surface area contributed by atoms with Crippen LogP contribution in [0.2, 0.25) is 0 Å². The number of aliphatic hydroxyl groups is 1. The van der Waals surface area contributed by atoms with Crippen LogP contribution in [0.5, 0.6) is 0 Å². The van der Waals surface area contributed by atoms with E-state index in [-0.39, 0.29) is 24.7 Å². The Kier molecular flexibility index (Phi) is 13.4. The van der Waals surface area contributed by atoms with Crippen molar-refractivity contribution in [1.29, 1.82) is 0 Å². The van der Waals surface area contributed by atoms with E-state index in [9.17, 15) is 29.4 Å². The van der Waals surface area contributed by atoms with Crippen molar-refractivity contribution in [1.82, 2.24) is 16.0 Å². The fourth-order valence-electron chi connectivity index (χ4n) is 2.69. The number of carbonyl (C=O) groups excluding carboxylic acids is 3. The van der Waals surface area contributed by atoms with E-state index in [4.69, 9.17) is 5.73 Å². The number of amides is 3. The minimum Gasteiger partial charge on any atom is -0.480 e. The number of carboxylic acids is 1. The van der Waals surface area contributed by atoms with Crippen LogP contribution in [0.4, 0.5) is 0 Å². The molecular weight excluding hydrogens is 424 g/mol. The molecule has 0 radical (unpaired) electrons. The highest BCUT2D eigenvalue weighted by Crippen LogP contribution is 2.09. The number of nitrogens with one attached hydrogen (secondary N) is 3. The highest BCUT2D eigenvalue weighted by Gasteiger charge is 2.33. The number of hydrogen-bond acceptors (Lipinski definition) is 7. The highest BCUT2D eigenvalue weighted by atomic mass is 32.2. The minimum atomic E-state index is -1.31. The van der Waals surface area contributed by atoms with Gasteiger partial charge in [0.25, 0.3) is 0 Å². The summed E-state index contributed by atoms with van der Waals surface area (Å²) in [6, 6.07) is -4.29. The zero-order valence-electron chi connectivity index (χ0n) is 19.2. The first kappa shape index (κ1) is 29.1. The zero-order valence-corrected chi connectivity index (χ0v) is 20.0. The van der Waals surface area contributed by atoms with Crippen LogP contribution in [0.1, 0.15) is 47.5 Å². The molecule has 5 atom stereocenters. The third-order valence-electron chi connectivity index (χ3n) is 4.65. The second kappa shape index (κ2) is 14.3. The van der Waals surface area contributed by atoms with E-state index in [1.54, 1.807) is 13.8 Å². The lowest BCUT2D eigenvalue weighted by molar-refractivity contribution is -0.142. The summed E-state index contributed by atoms with van der Waals surface area (Å²) in [6.07, 6.45) is 1.08. The second-order valence-corrected chi connectivity index (χ2v) is 9.35. The summed E-state index contributed by atoms with van der Waals surface area (Å²) >= 11 is 1.46. The number of aliphatic carboxylic acids is 1. The Morgan fingerprint density at radius 3 is 1.87 bits per heavy atom. The molecule has 0 aromatic carbocycles. The molecule has 0 saturated heterocycles. The number of nitrogens with two attached hydrogens (primary N) is 1. The fraction of sp³-hybridized carbons (Fsp3) is 0.800. The number of aliphatic hydroxyl groups excluding tert-OH is 1. The molecular formula is C20H38N4O6S. The van der Waals surface area contributed by atoms with E-state index < -0.39 is 54.0 Å². The molecule has 0 aliphatic heterocycles. The second-order valence-electron chi connectivity index (χ2n) is 8.37. The number of rotatable bonds is 14. The molecule has 31 heavy (non-hydrogen) atoms. The summed E-state index contributed by atoms with van der Waals surface area (Å²) in [4.78, 5) is 49.2. The van der Waals surface area contributed by atoms with Gasteiger partial charge in [0.15, 0.2) is 0 Å². The first-order chi connectivity index (χ1) is 14.3. The molecule has 0 saturated carbocycles. The third kappa shape index (κ3) is 10.8. The monoisotopic (exact) mass is 462 g/mol. The molecule has 5 unspecified atom stereocenters. The Morgan fingerprint density at radius 2 is 1.45 bits per heavy atom. The number of carbonyl (C=O) groups is 4. The van der Waals surface area contributed by atoms with Gasteiger partial charge in [-0.3, -0.25) is 14.4 Å². The van der Waals surface area contributed by atoms with Crippen LogP contribution in [0.3, 0.4) is 0 Å². The smallest absolute Gasteiger partial charge is 0.326 e. The lowest BCUT2D eigenvalue weighted by atomic mass is 10.0. The summed E-state index contributed by atoms with van der Waals surface area (Å²) in [6.45, 7) is 8.54. The summed E-state index contributed by atoms with van der Waals surface area (Å²) < 4.78 is 0. The predicted molar refractivity (Wildman–Crippen MR) is 120 cm³/mol. The van der Waals surface area contributed by atoms with Gasteiger partial charge in [-0.1, -0.05) is 27.7 Å². The molecule has 0 spiro atoms. The first-order valence-electron chi connectivity index (χ1n) is 10.4. The Labute approximate surface area is 188 Å². The van der Waals surface area contributed by atoms with Crippen molar-refractivity contribution in [3.05, 3.63) is 0 Å². The summed E-state index contributed by atoms with van der Waals surface area (Å²) in [7, 11) is 0. The topological polar surface area (TPSA) is 171 Å². The maximum atomic E-state index is 12.8. The van der Waals surface area contributed by atoms with Gasteiger partial charge >= 0.3 is 5.97 Å². The normalized spacial score (nSPS) is 16.2. The molecule has 0 fully saturated rings. The quantitative estimate of drug-likeness (QED) is 0.204. The van der Waals surface area contributed by atoms with Crippen molar-refractivity contribution < 1.29 is 29.4 Å². The van der Waals surface area contributed by atoms with Crippen LogP contribution in [0, 0.1) is 11.8 Å². The van der Waals surface area contributed by atoms with Crippen LogP contribution in [0.15, 0.2) is 0 Å². The van der Waals surface area contributed by atoms with E-state index in [1.165, 1.54) is 18.7 Å². The molecule has 7 N–H and O–H groups in total. The average Bonchev–Trinajstić information content (AvgIpc) is 2.66. The van der Waals surface area contributed by atoms with Crippen molar-refractivity contribution in [3.63, 3.8) is 0 Å². The first-order valence-corrected chi connectivity index (χ1v) is 11.8. The van der Waals surface area contributed by atoms with Gasteiger partial charge < -0.3 is 31.9 Å². The molecule has 0 rings (SSSR count). The molecule has 10 nitrogen and oxygen atoms in total. The maximum absolute atomic E-state index is 12.8. The molecule has 0 bridgehead atoms. The van der Waals surface area contributed by atoms with E-state index in [1.807, 2.05) is 20.1 Å². The van der Waals surface area contributed by atoms with Crippen molar-refractivity contribution in [2.24, 2.45) is 17.6 Å². The van der Waals surface area contributed by atoms with Gasteiger partial charge in [0.2, 0.25) is 17.7 Å². The summed E-state index contributed by atoms with van der Waals surface area (Å²) in [5, 5.41) is 26.8. The van der Waals surface area contributed by atoms with Gasteiger partial charge in [0.1, 0.15) is 18.1 Å². The molecule has 180 valence electrons.